The van der Waals surface area contributed by atoms with Crippen LogP contribution >= 0.6 is 0 Å². The van der Waals surface area contributed by atoms with Crippen molar-refractivity contribution in [1.82, 2.24) is 5.32 Å². The van der Waals surface area contributed by atoms with Crippen molar-refractivity contribution in [1.29, 1.82) is 0 Å². The van der Waals surface area contributed by atoms with Gasteiger partial charge in [0, 0.05) is 11.9 Å². The Hall–Kier alpha value is -2.82. The summed E-state index contributed by atoms with van der Waals surface area (Å²) >= 11 is 0. The minimum absolute atomic E-state index is 0.0887. The van der Waals surface area contributed by atoms with Gasteiger partial charge in [-0.15, -0.1) is 0 Å². The van der Waals surface area contributed by atoms with E-state index in [-0.39, 0.29) is 23.6 Å². The minimum Gasteiger partial charge on any atom is -0.491 e. The van der Waals surface area contributed by atoms with Crippen molar-refractivity contribution in [2.24, 2.45) is 0 Å². The van der Waals surface area contributed by atoms with Crippen molar-refractivity contribution in [3.63, 3.8) is 0 Å². The zero-order chi connectivity index (χ0) is 17.1. The van der Waals surface area contributed by atoms with Crippen LogP contribution in [0, 0.1) is 5.82 Å². The van der Waals surface area contributed by atoms with Gasteiger partial charge in [-0.2, -0.15) is 0 Å². The van der Waals surface area contributed by atoms with E-state index >= 15 is 0 Å². The van der Waals surface area contributed by atoms with Crippen LogP contribution in [-0.2, 0) is 6.54 Å². The van der Waals surface area contributed by atoms with Gasteiger partial charge in [0.05, 0.1) is 6.10 Å². The smallest absolute Gasteiger partial charge is 0.287 e. The Labute approximate surface area is 139 Å². The molecule has 0 unspecified atom stereocenters. The minimum atomic E-state index is -0.364. The third kappa shape index (κ3) is 3.74. The standard InChI is InChI=1S/C19H18FNO3/c1-12(2)23-16-5-3-4-13(8-16)11-21-19(22)18-10-14-9-15(20)6-7-17(14)24-18/h3-10,12H,11H2,1-2H3,(H,21,22). The van der Waals surface area contributed by atoms with Gasteiger partial charge in [-0.1, -0.05) is 12.1 Å². The van der Waals surface area contributed by atoms with Gasteiger partial charge in [0.25, 0.3) is 5.91 Å². The van der Waals surface area contributed by atoms with Gasteiger partial charge in [0.2, 0.25) is 0 Å². The van der Waals surface area contributed by atoms with E-state index < -0.39 is 0 Å². The van der Waals surface area contributed by atoms with Gasteiger partial charge in [0.15, 0.2) is 5.76 Å². The SMILES string of the molecule is CC(C)Oc1cccc(CNC(=O)c2cc3cc(F)ccc3o2)c1. The van der Waals surface area contributed by atoms with Crippen LogP contribution in [0.2, 0.25) is 0 Å². The lowest BCUT2D eigenvalue weighted by Gasteiger charge is -2.11. The second-order valence-electron chi connectivity index (χ2n) is 5.79. The zero-order valence-corrected chi connectivity index (χ0v) is 13.5. The van der Waals surface area contributed by atoms with Crippen LogP contribution in [0.4, 0.5) is 4.39 Å². The molecule has 2 aromatic carbocycles. The van der Waals surface area contributed by atoms with Crippen LogP contribution in [0.1, 0.15) is 30.0 Å². The summed E-state index contributed by atoms with van der Waals surface area (Å²) in [6.45, 7) is 4.26. The molecule has 0 aliphatic heterocycles. The number of carbonyl (C=O) groups is 1. The van der Waals surface area contributed by atoms with Crippen LogP contribution in [0.3, 0.4) is 0 Å². The Morgan fingerprint density at radius 3 is 2.83 bits per heavy atom. The highest BCUT2D eigenvalue weighted by molar-refractivity contribution is 5.96. The zero-order valence-electron chi connectivity index (χ0n) is 13.5. The molecule has 0 aliphatic rings. The van der Waals surface area contributed by atoms with Crippen LogP contribution < -0.4 is 10.1 Å². The first-order chi connectivity index (χ1) is 11.5. The van der Waals surface area contributed by atoms with E-state index in [1.165, 1.54) is 24.3 Å². The van der Waals surface area contributed by atoms with Gasteiger partial charge in [0.1, 0.15) is 17.1 Å². The predicted octanol–water partition coefficient (Wildman–Crippen LogP) is 4.29. The van der Waals surface area contributed by atoms with Crippen LogP contribution in [0.25, 0.3) is 11.0 Å². The number of amides is 1. The highest BCUT2D eigenvalue weighted by Crippen LogP contribution is 2.20. The first kappa shape index (κ1) is 16.1. The fraction of sp³-hybridized carbons (Fsp3) is 0.211. The lowest BCUT2D eigenvalue weighted by atomic mass is 10.2. The molecule has 0 fully saturated rings. The van der Waals surface area contributed by atoms with Crippen LogP contribution in [-0.4, -0.2) is 12.0 Å². The van der Waals surface area contributed by atoms with Crippen LogP contribution in [0.5, 0.6) is 5.75 Å². The fourth-order valence-corrected chi connectivity index (χ4v) is 2.40. The molecule has 0 atom stereocenters. The van der Waals surface area contributed by atoms with E-state index in [1.54, 1.807) is 0 Å². The molecule has 3 aromatic rings. The first-order valence-corrected chi connectivity index (χ1v) is 7.74. The van der Waals surface area contributed by atoms with Crippen molar-refractivity contribution < 1.29 is 18.3 Å². The number of ether oxygens (including phenoxy) is 1. The molecule has 0 radical (unpaired) electrons. The molecule has 0 spiro atoms. The summed E-state index contributed by atoms with van der Waals surface area (Å²) < 4.78 is 24.3. The van der Waals surface area contributed by atoms with Crippen molar-refractivity contribution in [3.8, 4) is 5.75 Å². The summed E-state index contributed by atoms with van der Waals surface area (Å²) in [5.41, 5.74) is 1.40. The molecule has 1 heterocycles. The summed E-state index contributed by atoms with van der Waals surface area (Å²) in [7, 11) is 0. The maximum absolute atomic E-state index is 13.2. The fourth-order valence-electron chi connectivity index (χ4n) is 2.40. The molecule has 0 aliphatic carbocycles. The Kier molecular flexibility index (Phi) is 4.51. The summed E-state index contributed by atoms with van der Waals surface area (Å²) in [6.07, 6.45) is 0.0887. The second-order valence-corrected chi connectivity index (χ2v) is 5.79. The number of fused-ring (bicyclic) bond motifs is 1. The number of benzene rings is 2. The molecule has 5 heteroatoms. The Morgan fingerprint density at radius 1 is 1.21 bits per heavy atom. The molecule has 1 amide bonds. The number of furan rings is 1. The number of hydrogen-bond acceptors (Lipinski definition) is 3. The monoisotopic (exact) mass is 327 g/mol. The highest BCUT2D eigenvalue weighted by atomic mass is 19.1. The van der Waals surface area contributed by atoms with Crippen LogP contribution in [0.15, 0.2) is 52.9 Å². The lowest BCUT2D eigenvalue weighted by molar-refractivity contribution is 0.0925. The third-order valence-corrected chi connectivity index (χ3v) is 3.43. The largest absolute Gasteiger partial charge is 0.491 e. The summed E-state index contributed by atoms with van der Waals surface area (Å²) in [5.74, 6) is 0.208. The topological polar surface area (TPSA) is 51.5 Å². The Balaban J connectivity index is 1.68. The van der Waals surface area contributed by atoms with Crippen molar-refractivity contribution in [2.75, 3.05) is 0 Å². The van der Waals surface area contributed by atoms with E-state index in [1.807, 2.05) is 38.1 Å². The number of carbonyl (C=O) groups excluding carboxylic acids is 1. The number of halogens is 1. The molecule has 124 valence electrons. The highest BCUT2D eigenvalue weighted by Gasteiger charge is 2.12. The molecule has 1 N–H and O–H groups in total. The third-order valence-electron chi connectivity index (χ3n) is 3.43. The van der Waals surface area contributed by atoms with E-state index in [0.29, 0.717) is 17.5 Å². The van der Waals surface area contributed by atoms with Gasteiger partial charge in [-0.3, -0.25) is 4.79 Å². The van der Waals surface area contributed by atoms with E-state index in [2.05, 4.69) is 5.32 Å². The van der Waals surface area contributed by atoms with Gasteiger partial charge in [-0.05, 0) is 55.8 Å². The average molecular weight is 327 g/mol. The first-order valence-electron chi connectivity index (χ1n) is 7.74. The van der Waals surface area contributed by atoms with Crippen molar-refractivity contribution in [2.45, 2.75) is 26.5 Å². The maximum atomic E-state index is 13.2. The second kappa shape index (κ2) is 6.74. The molecular weight excluding hydrogens is 309 g/mol. The van der Waals surface area contributed by atoms with Gasteiger partial charge < -0.3 is 14.5 Å². The molecule has 1 aromatic heterocycles. The summed E-state index contributed by atoms with van der Waals surface area (Å²) in [4.78, 5) is 12.2. The molecule has 0 bridgehead atoms. The van der Waals surface area contributed by atoms with E-state index in [4.69, 9.17) is 9.15 Å². The normalized spacial score (nSPS) is 11.0. The Bertz CT molecular complexity index is 870. The molecular formula is C19H18FNO3. The summed E-state index contributed by atoms with van der Waals surface area (Å²) in [6, 6.07) is 13.2. The molecule has 0 saturated heterocycles. The van der Waals surface area contributed by atoms with E-state index in [0.717, 1.165) is 11.3 Å². The number of rotatable bonds is 5. The lowest BCUT2D eigenvalue weighted by Crippen LogP contribution is -2.22. The molecule has 0 saturated carbocycles. The average Bonchev–Trinajstić information content (AvgIpc) is 2.95. The van der Waals surface area contributed by atoms with Gasteiger partial charge in [-0.25, -0.2) is 4.39 Å². The quantitative estimate of drug-likeness (QED) is 0.760. The van der Waals surface area contributed by atoms with E-state index in [9.17, 15) is 9.18 Å². The van der Waals surface area contributed by atoms with Crippen molar-refractivity contribution in [3.05, 3.63) is 65.7 Å². The number of hydrogen-bond donors (Lipinski definition) is 1. The maximum Gasteiger partial charge on any atom is 0.287 e. The summed E-state index contributed by atoms with van der Waals surface area (Å²) in [5, 5.41) is 3.35. The molecule has 3 rings (SSSR count). The molecule has 24 heavy (non-hydrogen) atoms. The van der Waals surface area contributed by atoms with Crippen molar-refractivity contribution >= 4 is 16.9 Å². The van der Waals surface area contributed by atoms with Gasteiger partial charge >= 0.3 is 0 Å². The number of nitrogens with one attached hydrogen (secondary N) is 1. The molecule has 4 nitrogen and oxygen atoms in total. The predicted molar refractivity (Wildman–Crippen MR) is 89.5 cm³/mol. The Morgan fingerprint density at radius 2 is 2.04 bits per heavy atom.